The number of fused-ring (bicyclic) bond motifs is 1. The van der Waals surface area contributed by atoms with Crippen LogP contribution < -0.4 is 15.2 Å². The van der Waals surface area contributed by atoms with E-state index in [1.54, 1.807) is 0 Å². The molecule has 3 nitrogen and oxygen atoms in total. The molecule has 0 atom stereocenters. The molecule has 1 aromatic rings. The molecule has 2 N–H and O–H groups in total. The van der Waals surface area contributed by atoms with Gasteiger partial charge in [-0.25, -0.2) is 0 Å². The van der Waals surface area contributed by atoms with Gasteiger partial charge in [0, 0.05) is 5.56 Å². The number of nitrogens with two attached hydrogens (primary N) is 1. The molecule has 1 aromatic carbocycles. The van der Waals surface area contributed by atoms with Crippen molar-refractivity contribution in [3.8, 4) is 11.5 Å². The highest BCUT2D eigenvalue weighted by molar-refractivity contribution is 5.53. The molecule has 0 spiro atoms. The SMILES string of the molecule is CC(C)c1c(CCN)ccc2c1OCO2. The van der Waals surface area contributed by atoms with Crippen molar-refractivity contribution in [1.29, 1.82) is 0 Å². The summed E-state index contributed by atoms with van der Waals surface area (Å²) in [7, 11) is 0. The average Bonchev–Trinajstić information content (AvgIpc) is 2.64. The van der Waals surface area contributed by atoms with Crippen LogP contribution in [0, 0.1) is 0 Å². The zero-order valence-corrected chi connectivity index (χ0v) is 9.25. The van der Waals surface area contributed by atoms with Gasteiger partial charge in [-0.1, -0.05) is 19.9 Å². The van der Waals surface area contributed by atoms with Crippen LogP contribution in [-0.2, 0) is 6.42 Å². The first-order valence-electron chi connectivity index (χ1n) is 5.35. The van der Waals surface area contributed by atoms with Gasteiger partial charge in [0.05, 0.1) is 0 Å². The van der Waals surface area contributed by atoms with Crippen molar-refractivity contribution in [3.63, 3.8) is 0 Å². The lowest BCUT2D eigenvalue weighted by Gasteiger charge is -2.14. The summed E-state index contributed by atoms with van der Waals surface area (Å²) in [4.78, 5) is 0. The van der Waals surface area contributed by atoms with Gasteiger partial charge in [0.25, 0.3) is 0 Å². The largest absolute Gasteiger partial charge is 0.454 e. The van der Waals surface area contributed by atoms with Crippen molar-refractivity contribution in [2.75, 3.05) is 13.3 Å². The Morgan fingerprint density at radius 2 is 2.13 bits per heavy atom. The number of hydrogen-bond donors (Lipinski definition) is 1. The van der Waals surface area contributed by atoms with E-state index in [2.05, 4.69) is 19.9 Å². The smallest absolute Gasteiger partial charge is 0.231 e. The van der Waals surface area contributed by atoms with Gasteiger partial charge in [0.2, 0.25) is 6.79 Å². The Kier molecular flexibility index (Phi) is 2.82. The summed E-state index contributed by atoms with van der Waals surface area (Å²) in [5, 5.41) is 0. The highest BCUT2D eigenvalue weighted by Gasteiger charge is 2.22. The van der Waals surface area contributed by atoms with Crippen LogP contribution in [0.4, 0.5) is 0 Å². The zero-order valence-electron chi connectivity index (χ0n) is 9.25. The first kappa shape index (κ1) is 10.3. The molecule has 0 radical (unpaired) electrons. The van der Waals surface area contributed by atoms with Crippen molar-refractivity contribution < 1.29 is 9.47 Å². The number of benzene rings is 1. The van der Waals surface area contributed by atoms with Crippen LogP contribution in [0.1, 0.15) is 30.9 Å². The Morgan fingerprint density at radius 1 is 1.33 bits per heavy atom. The molecule has 3 heteroatoms. The Bertz CT molecular complexity index is 361. The topological polar surface area (TPSA) is 44.5 Å². The summed E-state index contributed by atoms with van der Waals surface area (Å²) in [6.07, 6.45) is 0.893. The maximum atomic E-state index is 5.60. The highest BCUT2D eigenvalue weighted by atomic mass is 16.7. The van der Waals surface area contributed by atoms with E-state index in [4.69, 9.17) is 15.2 Å². The summed E-state index contributed by atoms with van der Waals surface area (Å²) in [5.41, 5.74) is 8.12. The third-order valence-electron chi connectivity index (χ3n) is 2.66. The number of hydrogen-bond acceptors (Lipinski definition) is 3. The van der Waals surface area contributed by atoms with E-state index in [-0.39, 0.29) is 0 Å². The number of rotatable bonds is 3. The van der Waals surface area contributed by atoms with Gasteiger partial charge in [0.15, 0.2) is 11.5 Å². The Hall–Kier alpha value is -1.22. The van der Waals surface area contributed by atoms with Crippen LogP contribution >= 0.6 is 0 Å². The predicted octanol–water partition coefficient (Wildman–Crippen LogP) is 2.04. The molecule has 0 unspecified atom stereocenters. The lowest BCUT2D eigenvalue weighted by atomic mass is 9.94. The van der Waals surface area contributed by atoms with E-state index in [9.17, 15) is 0 Å². The second-order valence-electron chi connectivity index (χ2n) is 4.07. The lowest BCUT2D eigenvalue weighted by Crippen LogP contribution is -2.06. The third kappa shape index (κ3) is 1.79. The molecule has 15 heavy (non-hydrogen) atoms. The van der Waals surface area contributed by atoms with E-state index in [0.717, 1.165) is 17.9 Å². The van der Waals surface area contributed by atoms with Crippen molar-refractivity contribution in [1.82, 2.24) is 0 Å². The standard InChI is InChI=1S/C12H17NO2/c1-8(2)11-9(5-6-13)3-4-10-12(11)15-7-14-10/h3-4,8H,5-7,13H2,1-2H3. The van der Waals surface area contributed by atoms with Gasteiger partial charge >= 0.3 is 0 Å². The van der Waals surface area contributed by atoms with Crippen molar-refractivity contribution in [2.45, 2.75) is 26.2 Å². The fourth-order valence-electron chi connectivity index (χ4n) is 2.04. The van der Waals surface area contributed by atoms with Gasteiger partial charge in [-0.05, 0) is 30.5 Å². The van der Waals surface area contributed by atoms with E-state index < -0.39 is 0 Å². The Morgan fingerprint density at radius 3 is 2.80 bits per heavy atom. The van der Waals surface area contributed by atoms with Gasteiger partial charge in [-0.15, -0.1) is 0 Å². The minimum absolute atomic E-state index is 0.334. The van der Waals surface area contributed by atoms with Gasteiger partial charge in [0.1, 0.15) is 0 Å². The van der Waals surface area contributed by atoms with Crippen molar-refractivity contribution in [3.05, 3.63) is 23.3 Å². The fourth-order valence-corrected chi connectivity index (χ4v) is 2.04. The van der Waals surface area contributed by atoms with Gasteiger partial charge in [-0.3, -0.25) is 0 Å². The summed E-state index contributed by atoms with van der Waals surface area (Å²) in [5.74, 6) is 2.21. The van der Waals surface area contributed by atoms with Crippen LogP contribution in [0.3, 0.4) is 0 Å². The van der Waals surface area contributed by atoms with E-state index in [0.29, 0.717) is 19.3 Å². The monoisotopic (exact) mass is 207 g/mol. The quantitative estimate of drug-likeness (QED) is 0.825. The first-order chi connectivity index (χ1) is 7.24. The fraction of sp³-hybridized carbons (Fsp3) is 0.500. The normalized spacial score (nSPS) is 13.6. The summed E-state index contributed by atoms with van der Waals surface area (Å²) in [6.45, 7) is 5.33. The summed E-state index contributed by atoms with van der Waals surface area (Å²) >= 11 is 0. The van der Waals surface area contributed by atoms with Crippen LogP contribution in [0.2, 0.25) is 0 Å². The zero-order chi connectivity index (χ0) is 10.8. The van der Waals surface area contributed by atoms with E-state index >= 15 is 0 Å². The van der Waals surface area contributed by atoms with Gasteiger partial charge in [-0.2, -0.15) is 0 Å². The molecule has 1 aliphatic rings. The molecule has 0 saturated carbocycles. The minimum Gasteiger partial charge on any atom is -0.454 e. The van der Waals surface area contributed by atoms with Gasteiger partial charge < -0.3 is 15.2 Å². The Labute approximate surface area is 90.2 Å². The van der Waals surface area contributed by atoms with Crippen LogP contribution in [0.15, 0.2) is 12.1 Å². The van der Waals surface area contributed by atoms with Crippen LogP contribution in [0.25, 0.3) is 0 Å². The molecule has 0 amide bonds. The van der Waals surface area contributed by atoms with E-state index in [1.807, 2.05) is 6.07 Å². The van der Waals surface area contributed by atoms with Crippen LogP contribution in [0.5, 0.6) is 11.5 Å². The summed E-state index contributed by atoms with van der Waals surface area (Å²) in [6, 6.07) is 4.06. The van der Waals surface area contributed by atoms with Crippen LogP contribution in [-0.4, -0.2) is 13.3 Å². The summed E-state index contributed by atoms with van der Waals surface area (Å²) < 4.78 is 10.9. The lowest BCUT2D eigenvalue weighted by molar-refractivity contribution is 0.173. The van der Waals surface area contributed by atoms with E-state index in [1.165, 1.54) is 11.1 Å². The van der Waals surface area contributed by atoms with Crippen molar-refractivity contribution in [2.24, 2.45) is 5.73 Å². The Balaban J connectivity index is 2.48. The molecule has 0 aliphatic carbocycles. The molecule has 2 rings (SSSR count). The molecule has 1 heterocycles. The highest BCUT2D eigenvalue weighted by Crippen LogP contribution is 2.41. The molecule has 0 aromatic heterocycles. The molecule has 0 fully saturated rings. The van der Waals surface area contributed by atoms with Crippen molar-refractivity contribution >= 4 is 0 Å². The number of ether oxygens (including phenoxy) is 2. The average molecular weight is 207 g/mol. The molecule has 82 valence electrons. The molecule has 0 saturated heterocycles. The molecule has 0 bridgehead atoms. The first-order valence-corrected chi connectivity index (χ1v) is 5.35. The maximum Gasteiger partial charge on any atom is 0.231 e. The molecule has 1 aliphatic heterocycles. The predicted molar refractivity (Wildman–Crippen MR) is 59.4 cm³/mol. The third-order valence-corrected chi connectivity index (χ3v) is 2.66. The second-order valence-corrected chi connectivity index (χ2v) is 4.07. The molecular weight excluding hydrogens is 190 g/mol. The molecular formula is C12H17NO2. The second kappa shape index (κ2) is 4.11. The maximum absolute atomic E-state index is 5.60. The minimum atomic E-state index is 0.334.